The van der Waals surface area contributed by atoms with Crippen LogP contribution in [0.1, 0.15) is 207 Å². The number of hydrogen-bond donors (Lipinski definition) is 0. The first-order valence-corrected chi connectivity index (χ1v) is 20.3. The van der Waals surface area contributed by atoms with Gasteiger partial charge in [-0.15, -0.1) is 0 Å². The van der Waals surface area contributed by atoms with Gasteiger partial charge in [-0.25, -0.2) is 0 Å². The van der Waals surface area contributed by atoms with Gasteiger partial charge in [-0.05, 0) is 64.2 Å². The number of allylic oxidation sites excluding steroid dienone is 4. The van der Waals surface area contributed by atoms with Crippen LogP contribution < -0.4 is 0 Å². The Morgan fingerprint density at radius 3 is 0.911 bits per heavy atom. The van der Waals surface area contributed by atoms with E-state index in [1.165, 1.54) is 167 Å². The fourth-order valence-corrected chi connectivity index (χ4v) is 6.27. The normalized spacial score (nSPS) is 12.8. The van der Waals surface area contributed by atoms with Crippen LogP contribution in [-0.4, -0.2) is 44.8 Å². The van der Waals surface area contributed by atoms with E-state index in [1.54, 1.807) is 0 Å². The van der Waals surface area contributed by atoms with Gasteiger partial charge < -0.3 is 9.47 Å². The molecule has 45 heavy (non-hydrogen) atoms. The molecule has 0 aliphatic heterocycles. The van der Waals surface area contributed by atoms with E-state index >= 15 is 0 Å². The molecule has 3 nitrogen and oxygen atoms in total. The number of ether oxygens (including phenoxy) is 2. The standard InChI is InChI=1S/C42H84NO2/c1-7-10-12-14-16-18-20-22-24-26-28-30-32-34-36-38-40-44-42(9-3,43(4,5)6)45-41-39-37-35-33-31-29-27-25-23-21-19-17-15-13-11-8-2/h22-25H,7-21,26-41H2,1-6H3/q+1/b24-22-,25-23-. The molecule has 0 radical (unpaired) electrons. The molecule has 0 saturated heterocycles. The number of unbranched alkanes of at least 4 members (excludes halogenated alkanes) is 24. The Labute approximate surface area is 285 Å². The highest BCUT2D eigenvalue weighted by molar-refractivity contribution is 4.82. The summed E-state index contributed by atoms with van der Waals surface area (Å²) < 4.78 is 13.7. The summed E-state index contributed by atoms with van der Waals surface area (Å²) in [6, 6.07) is 0. The smallest absolute Gasteiger partial charge is 0.303 e. The molecule has 0 aromatic carbocycles. The first kappa shape index (κ1) is 44.4. The van der Waals surface area contributed by atoms with Crippen LogP contribution in [-0.2, 0) is 9.47 Å². The minimum Gasteiger partial charge on any atom is -0.303 e. The maximum atomic E-state index is 6.53. The van der Waals surface area contributed by atoms with Crippen molar-refractivity contribution < 1.29 is 14.0 Å². The van der Waals surface area contributed by atoms with Crippen molar-refractivity contribution in [2.75, 3.05) is 34.4 Å². The van der Waals surface area contributed by atoms with Crippen LogP contribution in [0.4, 0.5) is 0 Å². The summed E-state index contributed by atoms with van der Waals surface area (Å²) in [6.07, 6.45) is 48.0. The van der Waals surface area contributed by atoms with Crippen molar-refractivity contribution >= 4 is 0 Å². The van der Waals surface area contributed by atoms with Gasteiger partial charge in [-0.1, -0.05) is 161 Å². The van der Waals surface area contributed by atoms with Crippen LogP contribution in [0.15, 0.2) is 24.3 Å². The lowest BCUT2D eigenvalue weighted by molar-refractivity contribution is -0.981. The molecule has 0 amide bonds. The lowest BCUT2D eigenvalue weighted by atomic mass is 10.1. The summed E-state index contributed by atoms with van der Waals surface area (Å²) in [6.45, 7) is 8.40. The van der Waals surface area contributed by atoms with Crippen molar-refractivity contribution in [3.05, 3.63) is 24.3 Å². The van der Waals surface area contributed by atoms with Crippen LogP contribution in [0.3, 0.4) is 0 Å². The monoisotopic (exact) mass is 635 g/mol. The molecule has 268 valence electrons. The van der Waals surface area contributed by atoms with Gasteiger partial charge in [-0.3, -0.25) is 4.48 Å². The second-order valence-electron chi connectivity index (χ2n) is 14.7. The predicted octanol–water partition coefficient (Wildman–Crippen LogP) is 13.9. The average molecular weight is 635 g/mol. The largest absolute Gasteiger partial charge is 0.318 e. The summed E-state index contributed by atoms with van der Waals surface area (Å²) in [5.74, 6) is -0.524. The molecule has 0 fully saturated rings. The Kier molecular flexibility index (Phi) is 32.8. The Bertz CT molecular complexity index is 591. The van der Waals surface area contributed by atoms with E-state index in [9.17, 15) is 0 Å². The molecule has 0 aromatic rings. The summed E-state index contributed by atoms with van der Waals surface area (Å²) in [4.78, 5) is 0. The highest BCUT2D eigenvalue weighted by Crippen LogP contribution is 2.27. The van der Waals surface area contributed by atoms with Crippen molar-refractivity contribution in [3.8, 4) is 0 Å². The average Bonchev–Trinajstić information content (AvgIpc) is 3.02. The Morgan fingerprint density at radius 2 is 0.644 bits per heavy atom. The maximum Gasteiger partial charge on any atom is 0.318 e. The van der Waals surface area contributed by atoms with E-state index in [4.69, 9.17) is 9.47 Å². The highest BCUT2D eigenvalue weighted by atomic mass is 16.7. The Balaban J connectivity index is 3.82. The molecule has 0 aromatic heterocycles. The molecule has 0 aliphatic rings. The fourth-order valence-electron chi connectivity index (χ4n) is 6.27. The van der Waals surface area contributed by atoms with Crippen molar-refractivity contribution in [2.24, 2.45) is 0 Å². The quantitative estimate of drug-likeness (QED) is 0.0295. The number of rotatable bonds is 36. The Hall–Kier alpha value is -0.640. The second kappa shape index (κ2) is 33.3. The van der Waals surface area contributed by atoms with Crippen LogP contribution in [0.5, 0.6) is 0 Å². The van der Waals surface area contributed by atoms with E-state index in [0.717, 1.165) is 32.5 Å². The second-order valence-corrected chi connectivity index (χ2v) is 14.7. The van der Waals surface area contributed by atoms with Crippen LogP contribution >= 0.6 is 0 Å². The highest BCUT2D eigenvalue weighted by Gasteiger charge is 2.44. The van der Waals surface area contributed by atoms with Gasteiger partial charge in [0.15, 0.2) is 0 Å². The van der Waals surface area contributed by atoms with Gasteiger partial charge in [0.1, 0.15) is 0 Å². The van der Waals surface area contributed by atoms with Crippen LogP contribution in [0.2, 0.25) is 0 Å². The van der Waals surface area contributed by atoms with E-state index in [-0.39, 0.29) is 0 Å². The first-order chi connectivity index (χ1) is 21.9. The van der Waals surface area contributed by atoms with Gasteiger partial charge >= 0.3 is 5.91 Å². The van der Waals surface area contributed by atoms with E-state index in [2.05, 4.69) is 66.2 Å². The zero-order chi connectivity index (χ0) is 33.2. The molecule has 0 spiro atoms. The minimum atomic E-state index is -0.524. The van der Waals surface area contributed by atoms with Crippen molar-refractivity contribution in [1.82, 2.24) is 0 Å². The van der Waals surface area contributed by atoms with Crippen molar-refractivity contribution in [3.63, 3.8) is 0 Å². The van der Waals surface area contributed by atoms with E-state index in [0.29, 0.717) is 4.48 Å². The molecule has 0 rings (SSSR count). The molecule has 0 aliphatic carbocycles. The number of quaternary nitrogens is 1. The summed E-state index contributed by atoms with van der Waals surface area (Å²) >= 11 is 0. The third-order valence-corrected chi connectivity index (χ3v) is 9.44. The SMILES string of the molecule is CCCCCCCC/C=C\CCCCCCCCOC(CC)(OCCCCCCCC/C=C\CCCCCCCC)[N+](C)(C)C. The molecule has 0 saturated carbocycles. The molecule has 3 heteroatoms. The predicted molar refractivity (Wildman–Crippen MR) is 202 cm³/mol. The molecule has 0 heterocycles. The summed E-state index contributed by atoms with van der Waals surface area (Å²) in [5.41, 5.74) is 0. The lowest BCUT2D eigenvalue weighted by Crippen LogP contribution is -2.60. The van der Waals surface area contributed by atoms with E-state index < -0.39 is 5.91 Å². The van der Waals surface area contributed by atoms with Gasteiger partial charge in [0.05, 0.1) is 40.8 Å². The van der Waals surface area contributed by atoms with Gasteiger partial charge in [0.2, 0.25) is 0 Å². The molecule has 0 N–H and O–H groups in total. The fraction of sp³-hybridized carbons (Fsp3) is 0.905. The number of hydrogen-bond acceptors (Lipinski definition) is 2. The molecular formula is C42H84NO2+. The maximum absolute atomic E-state index is 6.53. The first-order valence-electron chi connectivity index (χ1n) is 20.3. The van der Waals surface area contributed by atoms with Crippen molar-refractivity contribution in [2.45, 2.75) is 213 Å². The lowest BCUT2D eigenvalue weighted by Gasteiger charge is -2.44. The molecular weight excluding hydrogens is 550 g/mol. The summed E-state index contributed by atoms with van der Waals surface area (Å²) in [5, 5.41) is 0. The van der Waals surface area contributed by atoms with Gasteiger partial charge in [0.25, 0.3) is 0 Å². The molecule has 0 bridgehead atoms. The van der Waals surface area contributed by atoms with Gasteiger partial charge in [-0.2, -0.15) is 0 Å². The zero-order valence-corrected chi connectivity index (χ0v) is 32.0. The topological polar surface area (TPSA) is 18.5 Å². The third-order valence-electron chi connectivity index (χ3n) is 9.44. The third kappa shape index (κ3) is 28.1. The van der Waals surface area contributed by atoms with Crippen LogP contribution in [0.25, 0.3) is 0 Å². The number of nitrogens with zero attached hydrogens (tertiary/aromatic N) is 1. The minimum absolute atomic E-state index is 0.524. The van der Waals surface area contributed by atoms with E-state index in [1.807, 2.05) is 0 Å². The van der Waals surface area contributed by atoms with Crippen LogP contribution in [0, 0.1) is 0 Å². The Morgan fingerprint density at radius 1 is 0.378 bits per heavy atom. The summed E-state index contributed by atoms with van der Waals surface area (Å²) in [7, 11) is 6.65. The molecule has 0 atom stereocenters. The van der Waals surface area contributed by atoms with Crippen molar-refractivity contribution in [1.29, 1.82) is 0 Å². The molecule has 0 unspecified atom stereocenters. The van der Waals surface area contributed by atoms with Gasteiger partial charge in [0, 0.05) is 0 Å². The zero-order valence-electron chi connectivity index (χ0n) is 32.0.